The molecule has 1 aromatic carbocycles. The van der Waals surface area contributed by atoms with Gasteiger partial charge < -0.3 is 5.32 Å². The van der Waals surface area contributed by atoms with Crippen LogP contribution in [0.2, 0.25) is 0 Å². The summed E-state index contributed by atoms with van der Waals surface area (Å²) in [6.45, 7) is 0.763. The molecular weight excluding hydrogens is 302 g/mol. The standard InChI is InChI=1S/C16H20BrNO/c17-15-8-4-7-14(11-15)12-16(19)18-10-9-13-5-2-1-3-6-13/h4-5,7-8,11H,1-3,6,9-10,12H2,(H,18,19). The third kappa shape index (κ3) is 5.19. The van der Waals surface area contributed by atoms with Gasteiger partial charge in [-0.1, -0.05) is 39.7 Å². The molecule has 2 rings (SSSR count). The van der Waals surface area contributed by atoms with Gasteiger partial charge in [0.2, 0.25) is 5.91 Å². The molecule has 3 heteroatoms. The molecule has 0 heterocycles. The predicted octanol–water partition coefficient (Wildman–Crippen LogP) is 4.00. The summed E-state index contributed by atoms with van der Waals surface area (Å²) in [6, 6.07) is 7.90. The van der Waals surface area contributed by atoms with Crippen LogP contribution in [0.5, 0.6) is 0 Å². The number of nitrogens with one attached hydrogen (secondary N) is 1. The molecular formula is C16H20BrNO. The summed E-state index contributed by atoms with van der Waals surface area (Å²) in [7, 11) is 0. The lowest BCUT2D eigenvalue weighted by Gasteiger charge is -2.13. The van der Waals surface area contributed by atoms with Crippen molar-refractivity contribution in [3.8, 4) is 0 Å². The van der Waals surface area contributed by atoms with Gasteiger partial charge in [-0.25, -0.2) is 0 Å². The minimum Gasteiger partial charge on any atom is -0.355 e. The molecule has 0 saturated carbocycles. The van der Waals surface area contributed by atoms with Gasteiger partial charge in [0.15, 0.2) is 0 Å². The van der Waals surface area contributed by atoms with E-state index >= 15 is 0 Å². The molecule has 1 aliphatic rings. The first kappa shape index (κ1) is 14.3. The number of carbonyl (C=O) groups excluding carboxylic acids is 1. The van der Waals surface area contributed by atoms with Crippen LogP contribution in [0.25, 0.3) is 0 Å². The Hall–Kier alpha value is -1.09. The second-order valence-corrected chi connectivity index (χ2v) is 5.93. The largest absolute Gasteiger partial charge is 0.355 e. The summed E-state index contributed by atoms with van der Waals surface area (Å²) in [6.07, 6.45) is 8.84. The normalized spacial score (nSPS) is 14.9. The summed E-state index contributed by atoms with van der Waals surface area (Å²) in [5, 5.41) is 3.00. The van der Waals surface area contributed by atoms with Gasteiger partial charge in [-0.3, -0.25) is 4.79 Å². The van der Waals surface area contributed by atoms with Crippen LogP contribution in [0.4, 0.5) is 0 Å². The Labute approximate surface area is 123 Å². The Morgan fingerprint density at radius 3 is 2.95 bits per heavy atom. The van der Waals surface area contributed by atoms with Crippen molar-refractivity contribution in [2.24, 2.45) is 0 Å². The lowest BCUT2D eigenvalue weighted by molar-refractivity contribution is -0.120. The van der Waals surface area contributed by atoms with Crippen LogP contribution in [-0.4, -0.2) is 12.5 Å². The van der Waals surface area contributed by atoms with Crippen LogP contribution in [0, 0.1) is 0 Å². The number of hydrogen-bond acceptors (Lipinski definition) is 1. The molecule has 0 radical (unpaired) electrons. The quantitative estimate of drug-likeness (QED) is 0.816. The molecule has 0 aliphatic heterocycles. The van der Waals surface area contributed by atoms with Crippen molar-refractivity contribution in [3.63, 3.8) is 0 Å². The molecule has 19 heavy (non-hydrogen) atoms. The highest BCUT2D eigenvalue weighted by molar-refractivity contribution is 9.10. The molecule has 0 atom stereocenters. The third-order valence-corrected chi connectivity index (χ3v) is 3.90. The van der Waals surface area contributed by atoms with Crippen molar-refractivity contribution >= 4 is 21.8 Å². The lowest BCUT2D eigenvalue weighted by Crippen LogP contribution is -2.26. The Bertz CT molecular complexity index is 468. The van der Waals surface area contributed by atoms with Crippen LogP contribution in [0.15, 0.2) is 40.4 Å². The fourth-order valence-electron chi connectivity index (χ4n) is 2.39. The second kappa shape index (κ2) is 7.49. The number of amides is 1. The molecule has 0 aromatic heterocycles. The van der Waals surface area contributed by atoms with E-state index in [1.54, 1.807) is 0 Å². The molecule has 1 aliphatic carbocycles. The highest BCUT2D eigenvalue weighted by Gasteiger charge is 2.06. The third-order valence-electron chi connectivity index (χ3n) is 3.41. The van der Waals surface area contributed by atoms with E-state index in [4.69, 9.17) is 0 Å². The molecule has 102 valence electrons. The van der Waals surface area contributed by atoms with Crippen molar-refractivity contribution < 1.29 is 4.79 Å². The first-order valence-corrected chi connectivity index (χ1v) is 7.72. The fraction of sp³-hybridized carbons (Fsp3) is 0.438. The van der Waals surface area contributed by atoms with Crippen molar-refractivity contribution in [3.05, 3.63) is 46.0 Å². The maximum Gasteiger partial charge on any atom is 0.224 e. The van der Waals surface area contributed by atoms with E-state index in [-0.39, 0.29) is 5.91 Å². The average molecular weight is 322 g/mol. The number of benzene rings is 1. The molecule has 0 spiro atoms. The zero-order valence-electron chi connectivity index (χ0n) is 11.1. The van der Waals surface area contributed by atoms with E-state index in [1.165, 1.54) is 31.3 Å². The maximum absolute atomic E-state index is 11.8. The Balaban J connectivity index is 1.71. The molecule has 0 fully saturated rings. The Kier molecular flexibility index (Phi) is 5.64. The Morgan fingerprint density at radius 1 is 1.32 bits per heavy atom. The summed E-state index contributed by atoms with van der Waals surface area (Å²) in [4.78, 5) is 11.8. The topological polar surface area (TPSA) is 29.1 Å². The molecule has 0 saturated heterocycles. The van der Waals surface area contributed by atoms with E-state index in [1.807, 2.05) is 24.3 Å². The van der Waals surface area contributed by atoms with E-state index in [9.17, 15) is 4.79 Å². The predicted molar refractivity (Wildman–Crippen MR) is 82.0 cm³/mol. The van der Waals surface area contributed by atoms with Gasteiger partial charge in [0.05, 0.1) is 6.42 Å². The first-order valence-electron chi connectivity index (χ1n) is 6.93. The van der Waals surface area contributed by atoms with Crippen LogP contribution in [-0.2, 0) is 11.2 Å². The first-order chi connectivity index (χ1) is 9.24. The lowest BCUT2D eigenvalue weighted by atomic mass is 9.97. The monoisotopic (exact) mass is 321 g/mol. The second-order valence-electron chi connectivity index (χ2n) is 5.01. The van der Waals surface area contributed by atoms with Gasteiger partial charge in [0.25, 0.3) is 0 Å². The molecule has 1 amide bonds. The molecule has 1 N–H and O–H groups in total. The SMILES string of the molecule is O=C(Cc1cccc(Br)c1)NCCC1=CCCCC1. The van der Waals surface area contributed by atoms with Gasteiger partial charge in [0, 0.05) is 11.0 Å². The van der Waals surface area contributed by atoms with Crippen molar-refractivity contribution in [1.29, 1.82) is 0 Å². The van der Waals surface area contributed by atoms with Crippen molar-refractivity contribution in [2.75, 3.05) is 6.54 Å². The van der Waals surface area contributed by atoms with E-state index < -0.39 is 0 Å². The van der Waals surface area contributed by atoms with Crippen LogP contribution in [0.3, 0.4) is 0 Å². The highest BCUT2D eigenvalue weighted by atomic mass is 79.9. The maximum atomic E-state index is 11.8. The number of carbonyl (C=O) groups is 1. The van der Waals surface area contributed by atoms with E-state index in [0.717, 1.165) is 23.0 Å². The van der Waals surface area contributed by atoms with Crippen LogP contribution >= 0.6 is 15.9 Å². The highest BCUT2D eigenvalue weighted by Crippen LogP contribution is 2.19. The molecule has 0 unspecified atom stereocenters. The van der Waals surface area contributed by atoms with Crippen molar-refractivity contribution in [1.82, 2.24) is 5.32 Å². The van der Waals surface area contributed by atoms with E-state index in [2.05, 4.69) is 27.3 Å². The smallest absolute Gasteiger partial charge is 0.224 e. The summed E-state index contributed by atoms with van der Waals surface area (Å²) >= 11 is 3.42. The van der Waals surface area contributed by atoms with E-state index in [0.29, 0.717) is 6.42 Å². The number of allylic oxidation sites excluding steroid dienone is 1. The minimum absolute atomic E-state index is 0.106. The summed E-state index contributed by atoms with van der Waals surface area (Å²) < 4.78 is 1.02. The van der Waals surface area contributed by atoms with Crippen LogP contribution < -0.4 is 5.32 Å². The Morgan fingerprint density at radius 2 is 2.21 bits per heavy atom. The van der Waals surface area contributed by atoms with Crippen molar-refractivity contribution in [2.45, 2.75) is 38.5 Å². The zero-order valence-corrected chi connectivity index (χ0v) is 12.7. The van der Waals surface area contributed by atoms with Gasteiger partial charge in [0.1, 0.15) is 0 Å². The van der Waals surface area contributed by atoms with Crippen LogP contribution in [0.1, 0.15) is 37.7 Å². The summed E-state index contributed by atoms with van der Waals surface area (Å²) in [5.74, 6) is 0.106. The number of halogens is 1. The average Bonchev–Trinajstić information content (AvgIpc) is 2.40. The number of rotatable bonds is 5. The minimum atomic E-state index is 0.106. The van der Waals surface area contributed by atoms with Gasteiger partial charge >= 0.3 is 0 Å². The molecule has 0 bridgehead atoms. The summed E-state index contributed by atoms with van der Waals surface area (Å²) in [5.41, 5.74) is 2.55. The zero-order chi connectivity index (χ0) is 13.5. The number of hydrogen-bond donors (Lipinski definition) is 1. The molecule has 1 aromatic rings. The van der Waals surface area contributed by atoms with Gasteiger partial charge in [-0.15, -0.1) is 0 Å². The fourth-order valence-corrected chi connectivity index (χ4v) is 2.84. The van der Waals surface area contributed by atoms with Gasteiger partial charge in [-0.2, -0.15) is 0 Å². The van der Waals surface area contributed by atoms with Gasteiger partial charge in [-0.05, 0) is 49.8 Å². The molecule has 2 nitrogen and oxygen atoms in total.